The highest BCUT2D eigenvalue weighted by atomic mass is 28.3. The van der Waals surface area contributed by atoms with Crippen LogP contribution in [0.4, 0.5) is 0 Å². The molecular weight excluding hydrogens is 188 g/mol. The normalized spacial score (nSPS) is 11.0. The molecule has 0 atom stereocenters. The Morgan fingerprint density at radius 2 is 1.86 bits per heavy atom. The molecule has 2 nitrogen and oxygen atoms in total. The number of nitrogens with two attached hydrogens (primary N) is 1. The maximum absolute atomic E-state index is 8.65. The molecule has 0 spiro atoms. The summed E-state index contributed by atoms with van der Waals surface area (Å²) in [5.41, 5.74) is 7.74. The molecule has 0 amide bonds. The van der Waals surface area contributed by atoms with Crippen LogP contribution in [0.25, 0.3) is 0 Å². The van der Waals surface area contributed by atoms with Gasteiger partial charge in [0.2, 0.25) is 0 Å². The van der Waals surface area contributed by atoms with Crippen molar-refractivity contribution in [2.45, 2.75) is 19.1 Å². The van der Waals surface area contributed by atoms with E-state index in [0.29, 0.717) is 0 Å². The Balaban J connectivity index is 2.75. The van der Waals surface area contributed by atoms with Crippen LogP contribution >= 0.6 is 0 Å². The molecule has 0 unspecified atom stereocenters. The van der Waals surface area contributed by atoms with Gasteiger partial charge in [-0.2, -0.15) is 5.26 Å². The van der Waals surface area contributed by atoms with Crippen molar-refractivity contribution in [3.05, 3.63) is 35.4 Å². The fourth-order valence-electron chi connectivity index (χ4n) is 1.32. The highest BCUT2D eigenvalue weighted by Crippen LogP contribution is 2.11. The number of hydrogen-bond acceptors (Lipinski definition) is 2. The van der Waals surface area contributed by atoms with E-state index in [9.17, 15) is 0 Å². The van der Waals surface area contributed by atoms with Crippen molar-refractivity contribution < 1.29 is 0 Å². The largest absolute Gasteiger partial charge is 0.333 e. The van der Waals surface area contributed by atoms with Crippen LogP contribution in [0.15, 0.2) is 24.3 Å². The molecule has 74 valence electrons. The van der Waals surface area contributed by atoms with Crippen LogP contribution in [0.3, 0.4) is 0 Å². The molecule has 0 heterocycles. The molecule has 0 saturated heterocycles. The van der Waals surface area contributed by atoms with Gasteiger partial charge in [-0.15, -0.1) is 0 Å². The van der Waals surface area contributed by atoms with E-state index in [1.165, 1.54) is 5.56 Å². The van der Waals surface area contributed by atoms with E-state index in [4.69, 9.17) is 11.0 Å². The van der Waals surface area contributed by atoms with Gasteiger partial charge in [0.25, 0.3) is 0 Å². The SMILES string of the molecule is C[Si](C)(CN)Cc1ccc(C#N)cc1. The van der Waals surface area contributed by atoms with Crippen molar-refractivity contribution >= 4 is 8.07 Å². The quantitative estimate of drug-likeness (QED) is 0.764. The monoisotopic (exact) mass is 204 g/mol. The number of hydrogen-bond donors (Lipinski definition) is 1. The molecule has 0 aliphatic rings. The Kier molecular flexibility index (Phi) is 3.45. The third kappa shape index (κ3) is 2.98. The first-order valence-corrected chi connectivity index (χ1v) is 8.18. The topological polar surface area (TPSA) is 49.8 Å². The molecule has 2 N–H and O–H groups in total. The summed E-state index contributed by atoms with van der Waals surface area (Å²) in [6, 6.07) is 11.0. The summed E-state index contributed by atoms with van der Waals surface area (Å²) >= 11 is 0. The molecule has 0 aromatic heterocycles. The number of rotatable bonds is 3. The van der Waals surface area contributed by atoms with Gasteiger partial charge in [0, 0.05) is 0 Å². The lowest BCUT2D eigenvalue weighted by molar-refractivity contribution is 1.20. The number of nitriles is 1. The lowest BCUT2D eigenvalue weighted by atomic mass is 10.2. The van der Waals surface area contributed by atoms with Crippen LogP contribution in [-0.4, -0.2) is 14.2 Å². The van der Waals surface area contributed by atoms with Gasteiger partial charge < -0.3 is 5.73 Å². The molecule has 1 aromatic carbocycles. The third-order valence-corrected chi connectivity index (χ3v) is 4.79. The van der Waals surface area contributed by atoms with E-state index in [1.54, 1.807) is 0 Å². The van der Waals surface area contributed by atoms with E-state index in [1.807, 2.05) is 24.3 Å². The minimum Gasteiger partial charge on any atom is -0.333 e. The van der Waals surface area contributed by atoms with Gasteiger partial charge >= 0.3 is 0 Å². The van der Waals surface area contributed by atoms with Crippen LogP contribution in [0.1, 0.15) is 11.1 Å². The molecule has 0 saturated carbocycles. The summed E-state index contributed by atoms with van der Waals surface area (Å²) in [5, 5.41) is 8.65. The summed E-state index contributed by atoms with van der Waals surface area (Å²) in [7, 11) is -1.25. The van der Waals surface area contributed by atoms with Crippen molar-refractivity contribution in [3.63, 3.8) is 0 Å². The Morgan fingerprint density at radius 1 is 1.29 bits per heavy atom. The molecule has 0 fully saturated rings. The molecule has 0 radical (unpaired) electrons. The maximum Gasteiger partial charge on any atom is 0.0991 e. The molecule has 1 rings (SSSR count). The number of nitrogens with zero attached hydrogens (tertiary/aromatic N) is 1. The van der Waals surface area contributed by atoms with Crippen LogP contribution in [-0.2, 0) is 6.04 Å². The Bertz CT molecular complexity index is 335. The second-order valence-corrected chi connectivity index (χ2v) is 9.44. The van der Waals surface area contributed by atoms with Crippen molar-refractivity contribution in [2.75, 3.05) is 6.17 Å². The highest BCUT2D eigenvalue weighted by Gasteiger charge is 2.18. The summed E-state index contributed by atoms with van der Waals surface area (Å²) in [5.74, 6) is 0. The fourth-order valence-corrected chi connectivity index (χ4v) is 2.81. The first-order chi connectivity index (χ1) is 6.57. The van der Waals surface area contributed by atoms with Crippen molar-refractivity contribution in [2.24, 2.45) is 5.73 Å². The molecule has 0 aliphatic heterocycles. The van der Waals surface area contributed by atoms with Gasteiger partial charge in [-0.3, -0.25) is 0 Å². The van der Waals surface area contributed by atoms with E-state index in [0.717, 1.165) is 17.8 Å². The lowest BCUT2D eigenvalue weighted by Crippen LogP contribution is -2.39. The Labute approximate surface area is 86.4 Å². The van der Waals surface area contributed by atoms with E-state index in [2.05, 4.69) is 19.2 Å². The zero-order valence-corrected chi connectivity index (χ0v) is 9.75. The van der Waals surface area contributed by atoms with Crippen LogP contribution < -0.4 is 5.73 Å². The standard InChI is InChI=1S/C11H16N2Si/c1-14(2,9-13)8-11-5-3-10(7-12)4-6-11/h3-6H,8-9,13H2,1-2H3. The predicted octanol–water partition coefficient (Wildman–Crippen LogP) is 1.85. The van der Waals surface area contributed by atoms with Gasteiger partial charge in [-0.1, -0.05) is 30.8 Å². The molecule has 0 aliphatic carbocycles. The zero-order chi connectivity index (χ0) is 10.6. The fraction of sp³-hybridized carbons (Fsp3) is 0.364. The molecule has 0 bridgehead atoms. The van der Waals surface area contributed by atoms with Gasteiger partial charge in [-0.05, 0) is 24.3 Å². The van der Waals surface area contributed by atoms with E-state index >= 15 is 0 Å². The maximum atomic E-state index is 8.65. The Morgan fingerprint density at radius 3 is 2.29 bits per heavy atom. The van der Waals surface area contributed by atoms with E-state index < -0.39 is 8.07 Å². The first kappa shape index (κ1) is 11.0. The highest BCUT2D eigenvalue weighted by molar-refractivity contribution is 6.77. The average Bonchev–Trinajstić information content (AvgIpc) is 2.19. The van der Waals surface area contributed by atoms with Gasteiger partial charge in [0.1, 0.15) is 0 Å². The minimum atomic E-state index is -1.25. The third-order valence-electron chi connectivity index (χ3n) is 2.32. The van der Waals surface area contributed by atoms with Crippen molar-refractivity contribution in [1.29, 1.82) is 5.26 Å². The zero-order valence-electron chi connectivity index (χ0n) is 8.75. The van der Waals surface area contributed by atoms with Crippen LogP contribution in [0, 0.1) is 11.3 Å². The van der Waals surface area contributed by atoms with Gasteiger partial charge in [-0.25, -0.2) is 0 Å². The summed E-state index contributed by atoms with van der Waals surface area (Å²) in [6.07, 6.45) is 0.813. The predicted molar refractivity (Wildman–Crippen MR) is 61.4 cm³/mol. The van der Waals surface area contributed by atoms with E-state index in [-0.39, 0.29) is 0 Å². The van der Waals surface area contributed by atoms with Crippen LogP contribution in [0.5, 0.6) is 0 Å². The summed E-state index contributed by atoms with van der Waals surface area (Å²) < 4.78 is 0. The molecular formula is C11H16N2Si. The second kappa shape index (κ2) is 4.40. The molecule has 1 aromatic rings. The summed E-state index contributed by atoms with van der Waals surface area (Å²) in [6.45, 7) is 4.57. The Hall–Kier alpha value is -1.11. The summed E-state index contributed by atoms with van der Waals surface area (Å²) in [4.78, 5) is 0. The van der Waals surface area contributed by atoms with Gasteiger partial charge in [0.15, 0.2) is 0 Å². The average molecular weight is 204 g/mol. The smallest absolute Gasteiger partial charge is 0.0991 e. The first-order valence-electron chi connectivity index (χ1n) is 4.76. The minimum absolute atomic E-state index is 0.723. The number of benzene rings is 1. The molecule has 14 heavy (non-hydrogen) atoms. The second-order valence-electron chi connectivity index (χ2n) is 4.35. The van der Waals surface area contributed by atoms with Crippen molar-refractivity contribution in [3.8, 4) is 6.07 Å². The van der Waals surface area contributed by atoms with Crippen molar-refractivity contribution in [1.82, 2.24) is 0 Å². The lowest BCUT2D eigenvalue weighted by Gasteiger charge is -2.19. The van der Waals surface area contributed by atoms with Gasteiger partial charge in [0.05, 0.1) is 19.7 Å². The molecule has 3 heteroatoms. The van der Waals surface area contributed by atoms with Crippen LogP contribution in [0.2, 0.25) is 13.1 Å².